The number of benzene rings is 7. The third-order valence-corrected chi connectivity index (χ3v) is 11.4. The number of fused-ring (bicyclic) bond motifs is 11. The van der Waals surface area contributed by atoms with Gasteiger partial charge in [0.1, 0.15) is 0 Å². The molecule has 3 aromatic heterocycles. The molecule has 1 aliphatic heterocycles. The molecule has 0 saturated heterocycles. The summed E-state index contributed by atoms with van der Waals surface area (Å²) in [4.78, 5) is 28.9. The molecule has 7 aromatic carbocycles. The lowest BCUT2D eigenvalue weighted by Gasteiger charge is -2.20. The zero-order valence-electron chi connectivity index (χ0n) is 26.5. The fraction of sp³-hybridized carbons (Fsp3) is 0. The Labute approximate surface area is 289 Å². The molecule has 4 heterocycles. The van der Waals surface area contributed by atoms with E-state index in [0.717, 1.165) is 44.2 Å². The van der Waals surface area contributed by atoms with Crippen LogP contribution < -0.4 is 4.90 Å². The molecule has 0 saturated carbocycles. The van der Waals surface area contributed by atoms with Crippen molar-refractivity contribution >= 4 is 92.6 Å². The summed E-state index contributed by atoms with van der Waals surface area (Å²) < 4.78 is 7.16. The molecule has 0 unspecified atom stereocenters. The maximum atomic E-state index is 13.8. The number of anilines is 1. The first-order valence-electron chi connectivity index (χ1n) is 16.6. The number of carbonyl (C=O) groups excluding carboxylic acids is 2. The van der Waals surface area contributed by atoms with Crippen LogP contribution in [-0.4, -0.2) is 20.9 Å². The van der Waals surface area contributed by atoms with E-state index in [9.17, 15) is 9.59 Å². The lowest BCUT2D eigenvalue weighted by Crippen LogP contribution is -2.30. The van der Waals surface area contributed by atoms with Crippen molar-refractivity contribution < 1.29 is 9.59 Å². The van der Waals surface area contributed by atoms with Gasteiger partial charge in [0.25, 0.3) is 11.8 Å². The first-order chi connectivity index (χ1) is 24.7. The molecular formula is C44H25N3O2S. The minimum absolute atomic E-state index is 0.308. The molecule has 234 valence electrons. The van der Waals surface area contributed by atoms with E-state index in [1.54, 1.807) is 24.3 Å². The van der Waals surface area contributed by atoms with Crippen LogP contribution in [0.2, 0.25) is 0 Å². The molecule has 0 spiro atoms. The van der Waals surface area contributed by atoms with Crippen LogP contribution in [0.25, 0.3) is 75.2 Å². The number of thiophene rings is 1. The smallest absolute Gasteiger partial charge is 0.266 e. The minimum Gasteiger partial charge on any atom is -0.309 e. The second-order valence-electron chi connectivity index (χ2n) is 12.8. The summed E-state index contributed by atoms with van der Waals surface area (Å²) in [5.74, 6) is -0.615. The van der Waals surface area contributed by atoms with Crippen molar-refractivity contribution in [1.29, 1.82) is 0 Å². The van der Waals surface area contributed by atoms with Crippen LogP contribution in [0.5, 0.6) is 0 Å². The third-order valence-electron chi connectivity index (χ3n) is 10.2. The van der Waals surface area contributed by atoms with Crippen molar-refractivity contribution in [2.24, 2.45) is 0 Å². The molecule has 5 nitrogen and oxygen atoms in total. The van der Waals surface area contributed by atoms with Gasteiger partial charge in [-0.15, -0.1) is 11.3 Å². The average Bonchev–Trinajstić information content (AvgIpc) is 3.88. The molecule has 1 aliphatic rings. The third kappa shape index (κ3) is 3.55. The normalized spacial score (nSPS) is 13.2. The van der Waals surface area contributed by atoms with Crippen LogP contribution in [0, 0.1) is 0 Å². The monoisotopic (exact) mass is 659 g/mol. The minimum atomic E-state index is -0.308. The van der Waals surface area contributed by atoms with Crippen molar-refractivity contribution in [3.8, 4) is 11.4 Å². The van der Waals surface area contributed by atoms with E-state index in [1.807, 2.05) is 41.7 Å². The number of para-hydroxylation sites is 4. The van der Waals surface area contributed by atoms with Crippen molar-refractivity contribution in [3.05, 3.63) is 163 Å². The zero-order chi connectivity index (χ0) is 33.1. The van der Waals surface area contributed by atoms with Crippen molar-refractivity contribution in [2.45, 2.75) is 0 Å². The quantitative estimate of drug-likeness (QED) is 0.177. The predicted molar refractivity (Wildman–Crippen MR) is 206 cm³/mol. The summed E-state index contributed by atoms with van der Waals surface area (Å²) in [6, 6.07) is 51.6. The van der Waals surface area contributed by atoms with Crippen molar-refractivity contribution in [2.75, 3.05) is 4.90 Å². The van der Waals surface area contributed by atoms with Crippen LogP contribution in [-0.2, 0) is 0 Å². The van der Waals surface area contributed by atoms with Gasteiger partial charge in [-0.2, -0.15) is 0 Å². The molecule has 0 atom stereocenters. The Bertz CT molecular complexity index is 3070. The Kier molecular flexibility index (Phi) is 5.50. The van der Waals surface area contributed by atoms with Gasteiger partial charge in [-0.25, -0.2) is 4.90 Å². The fourth-order valence-corrected chi connectivity index (χ4v) is 9.23. The van der Waals surface area contributed by atoms with Crippen molar-refractivity contribution in [1.82, 2.24) is 9.13 Å². The summed E-state index contributed by atoms with van der Waals surface area (Å²) in [7, 11) is 0. The SMILES string of the molecule is O=C1c2ccccc2C(=O)N1c1ccccc1-n1c2ccccc2c2c1ccc1c3ccccc3n(-c3ccc4sc5ccccc5c4c3)c12. The van der Waals surface area contributed by atoms with E-state index in [1.165, 1.54) is 35.8 Å². The van der Waals surface area contributed by atoms with Gasteiger partial charge < -0.3 is 9.13 Å². The maximum absolute atomic E-state index is 13.8. The Morgan fingerprint density at radius 2 is 1.02 bits per heavy atom. The number of amides is 2. The van der Waals surface area contributed by atoms with Crippen LogP contribution in [0.15, 0.2) is 152 Å². The molecule has 0 N–H and O–H groups in total. The topological polar surface area (TPSA) is 47.2 Å². The Morgan fingerprint density at radius 3 is 1.80 bits per heavy atom. The second-order valence-corrected chi connectivity index (χ2v) is 13.9. The van der Waals surface area contributed by atoms with E-state index in [2.05, 4.69) is 106 Å². The van der Waals surface area contributed by atoms with Gasteiger partial charge >= 0.3 is 0 Å². The zero-order valence-corrected chi connectivity index (χ0v) is 27.3. The average molecular weight is 660 g/mol. The predicted octanol–water partition coefficient (Wildman–Crippen LogP) is 11.0. The summed E-state index contributed by atoms with van der Waals surface area (Å²) >= 11 is 1.82. The molecule has 6 heteroatoms. The maximum Gasteiger partial charge on any atom is 0.266 e. The Balaban J connectivity index is 1.24. The summed E-state index contributed by atoms with van der Waals surface area (Å²) in [5, 5.41) is 7.07. The van der Waals surface area contributed by atoms with Gasteiger partial charge in [0.15, 0.2) is 0 Å². The molecule has 0 fully saturated rings. The number of hydrogen-bond donors (Lipinski definition) is 0. The van der Waals surface area contributed by atoms with Crippen LogP contribution in [0.4, 0.5) is 5.69 Å². The summed E-state index contributed by atoms with van der Waals surface area (Å²) in [5.41, 5.74) is 7.52. The molecular weight excluding hydrogens is 635 g/mol. The molecule has 11 rings (SSSR count). The highest BCUT2D eigenvalue weighted by molar-refractivity contribution is 7.25. The standard InChI is InChI=1S/C44H25N3O2S/c48-43-30-13-1-2-14-31(30)44(49)47(43)37-19-9-8-18-36(37)46-35-17-7-4-15-32(35)41-38(46)23-22-29-27-11-3-6-16-34(27)45(42(29)41)26-21-24-40-33(25-26)28-12-5-10-20-39(28)50-40/h1-25H. The Morgan fingerprint density at radius 1 is 0.420 bits per heavy atom. The van der Waals surface area contributed by atoms with E-state index in [-0.39, 0.29) is 11.8 Å². The van der Waals surface area contributed by atoms with Gasteiger partial charge in [0.2, 0.25) is 0 Å². The van der Waals surface area contributed by atoms with Crippen LogP contribution in [0.3, 0.4) is 0 Å². The highest BCUT2D eigenvalue weighted by Gasteiger charge is 2.38. The lowest BCUT2D eigenvalue weighted by molar-refractivity contribution is 0.0926. The van der Waals surface area contributed by atoms with E-state index in [0.29, 0.717) is 16.8 Å². The van der Waals surface area contributed by atoms with Gasteiger partial charge in [-0.3, -0.25) is 9.59 Å². The number of carbonyl (C=O) groups is 2. The summed E-state index contributed by atoms with van der Waals surface area (Å²) in [6.07, 6.45) is 0. The first kappa shape index (κ1) is 27.5. The lowest BCUT2D eigenvalue weighted by atomic mass is 10.1. The van der Waals surface area contributed by atoms with Crippen LogP contribution >= 0.6 is 11.3 Å². The number of hydrogen-bond acceptors (Lipinski definition) is 3. The molecule has 2 amide bonds. The largest absolute Gasteiger partial charge is 0.309 e. The molecule has 10 aromatic rings. The van der Waals surface area contributed by atoms with Crippen LogP contribution in [0.1, 0.15) is 20.7 Å². The molecule has 0 radical (unpaired) electrons. The fourth-order valence-electron chi connectivity index (χ4n) is 8.14. The van der Waals surface area contributed by atoms with Gasteiger partial charge in [-0.1, -0.05) is 84.9 Å². The summed E-state index contributed by atoms with van der Waals surface area (Å²) in [6.45, 7) is 0. The molecule has 0 bridgehead atoms. The van der Waals surface area contributed by atoms with Gasteiger partial charge in [-0.05, 0) is 66.7 Å². The van der Waals surface area contributed by atoms with E-state index >= 15 is 0 Å². The number of imide groups is 1. The molecule has 0 aliphatic carbocycles. The van der Waals surface area contributed by atoms with Crippen molar-refractivity contribution in [3.63, 3.8) is 0 Å². The van der Waals surface area contributed by atoms with Gasteiger partial charge in [0.05, 0.1) is 44.6 Å². The number of rotatable bonds is 3. The second kappa shape index (κ2) is 10.0. The Hall–Kier alpha value is -6.50. The number of nitrogens with zero attached hydrogens (tertiary/aromatic N) is 3. The number of aromatic nitrogens is 2. The van der Waals surface area contributed by atoms with Gasteiger partial charge in [0, 0.05) is 47.4 Å². The van der Waals surface area contributed by atoms with E-state index < -0.39 is 0 Å². The highest BCUT2D eigenvalue weighted by atomic mass is 32.1. The van der Waals surface area contributed by atoms with E-state index in [4.69, 9.17) is 0 Å². The molecule has 50 heavy (non-hydrogen) atoms. The first-order valence-corrected chi connectivity index (χ1v) is 17.4. The highest BCUT2D eigenvalue weighted by Crippen LogP contribution is 2.44.